The third kappa shape index (κ3) is 6.93. The van der Waals surface area contributed by atoms with Gasteiger partial charge in [-0.1, -0.05) is 36.8 Å². The van der Waals surface area contributed by atoms with Gasteiger partial charge in [0.1, 0.15) is 30.5 Å². The number of ether oxygens (including phenoxy) is 2. The third-order valence-electron chi connectivity index (χ3n) is 5.34. The molecule has 10 heteroatoms. The summed E-state index contributed by atoms with van der Waals surface area (Å²) in [6.45, 7) is 2.62. The van der Waals surface area contributed by atoms with E-state index >= 15 is 0 Å². The normalized spacial score (nSPS) is 29.2. The summed E-state index contributed by atoms with van der Waals surface area (Å²) in [5.41, 5.74) is 1.82. The minimum absolute atomic E-state index is 0.0474. The Hall–Kier alpha value is -1.63. The first-order valence-electron chi connectivity index (χ1n) is 10.3. The molecule has 1 fully saturated rings. The Kier molecular flexibility index (Phi) is 9.79. The van der Waals surface area contributed by atoms with E-state index in [1.807, 2.05) is 31.2 Å². The summed E-state index contributed by atoms with van der Waals surface area (Å²) in [5.74, 6) is -0.409. The standard InChI is InChI=1S/C21H33NO9/c1-3-14(24)17(26)13(22-16(25)8-12-6-4-11(2)5-7-12)10-30-21-20(29)19(28)18(27)15(9-23)31-21/h4-7,13-15,17-21,23-24,26-29H,3,8-10H2,1-2H3,(H,22,25)/t13-,14+,15?,17-,18+,19-,20?,21-/m0/s1. The molecule has 1 amide bonds. The summed E-state index contributed by atoms with van der Waals surface area (Å²) in [7, 11) is 0. The number of aliphatic hydroxyl groups is 6. The molecule has 31 heavy (non-hydrogen) atoms. The van der Waals surface area contributed by atoms with Crippen molar-refractivity contribution < 1.29 is 44.9 Å². The Balaban J connectivity index is 2.03. The number of carbonyl (C=O) groups excluding carboxylic acids is 1. The van der Waals surface area contributed by atoms with E-state index < -0.39 is 61.5 Å². The van der Waals surface area contributed by atoms with Crippen LogP contribution in [-0.2, 0) is 20.7 Å². The first-order valence-corrected chi connectivity index (χ1v) is 10.3. The summed E-state index contributed by atoms with van der Waals surface area (Å²) < 4.78 is 10.7. The van der Waals surface area contributed by atoms with Crippen LogP contribution in [0.3, 0.4) is 0 Å². The molecule has 0 radical (unpaired) electrons. The lowest BCUT2D eigenvalue weighted by molar-refractivity contribution is -0.303. The highest BCUT2D eigenvalue weighted by atomic mass is 16.7. The Labute approximate surface area is 181 Å². The van der Waals surface area contributed by atoms with Crippen molar-refractivity contribution in [2.45, 2.75) is 75.6 Å². The Morgan fingerprint density at radius 2 is 1.77 bits per heavy atom. The molecule has 2 rings (SSSR count). The molecular weight excluding hydrogens is 410 g/mol. The van der Waals surface area contributed by atoms with Gasteiger partial charge in [-0.3, -0.25) is 4.79 Å². The molecule has 0 aromatic heterocycles. The smallest absolute Gasteiger partial charge is 0.224 e. The number of aryl methyl sites for hydroxylation is 1. The number of hydrogen-bond donors (Lipinski definition) is 7. The van der Waals surface area contributed by atoms with Crippen LogP contribution < -0.4 is 5.32 Å². The second-order valence-corrected chi connectivity index (χ2v) is 7.83. The minimum atomic E-state index is -1.62. The monoisotopic (exact) mass is 443 g/mol. The highest BCUT2D eigenvalue weighted by molar-refractivity contribution is 5.79. The topological polar surface area (TPSA) is 169 Å². The van der Waals surface area contributed by atoms with E-state index in [0.29, 0.717) is 0 Å². The van der Waals surface area contributed by atoms with Crippen molar-refractivity contribution in [3.63, 3.8) is 0 Å². The largest absolute Gasteiger partial charge is 0.394 e. The molecule has 1 heterocycles. The number of rotatable bonds is 10. The fraction of sp³-hybridized carbons (Fsp3) is 0.667. The fourth-order valence-electron chi connectivity index (χ4n) is 3.29. The van der Waals surface area contributed by atoms with Gasteiger partial charge < -0.3 is 45.4 Å². The van der Waals surface area contributed by atoms with Crippen LogP contribution in [0, 0.1) is 6.92 Å². The Morgan fingerprint density at radius 1 is 1.13 bits per heavy atom. The van der Waals surface area contributed by atoms with Gasteiger partial charge in [-0.05, 0) is 18.9 Å². The van der Waals surface area contributed by atoms with E-state index in [9.17, 15) is 35.4 Å². The van der Waals surface area contributed by atoms with E-state index in [0.717, 1.165) is 11.1 Å². The summed E-state index contributed by atoms with van der Waals surface area (Å²) >= 11 is 0. The molecule has 7 N–H and O–H groups in total. The van der Waals surface area contributed by atoms with Crippen LogP contribution in [0.25, 0.3) is 0 Å². The predicted octanol–water partition coefficient (Wildman–Crippen LogP) is -2.03. The van der Waals surface area contributed by atoms with E-state index in [2.05, 4.69) is 5.32 Å². The first kappa shape index (κ1) is 25.6. The van der Waals surface area contributed by atoms with Crippen LogP contribution in [0.1, 0.15) is 24.5 Å². The molecule has 1 aliphatic rings. The van der Waals surface area contributed by atoms with Crippen molar-refractivity contribution in [2.24, 2.45) is 0 Å². The number of nitrogens with one attached hydrogen (secondary N) is 1. The van der Waals surface area contributed by atoms with Crippen LogP contribution in [-0.4, -0.2) is 98.7 Å². The lowest BCUT2D eigenvalue weighted by Crippen LogP contribution is -2.60. The molecule has 0 bridgehead atoms. The van der Waals surface area contributed by atoms with Crippen molar-refractivity contribution in [3.8, 4) is 0 Å². The number of hydrogen-bond acceptors (Lipinski definition) is 9. The summed E-state index contributed by atoms with van der Waals surface area (Å²) in [6, 6.07) is 6.33. The molecule has 176 valence electrons. The zero-order valence-corrected chi connectivity index (χ0v) is 17.7. The second kappa shape index (κ2) is 11.8. The van der Waals surface area contributed by atoms with Crippen molar-refractivity contribution in [1.29, 1.82) is 0 Å². The predicted molar refractivity (Wildman–Crippen MR) is 109 cm³/mol. The lowest BCUT2D eigenvalue weighted by Gasteiger charge is -2.40. The van der Waals surface area contributed by atoms with Gasteiger partial charge in [0.05, 0.1) is 31.8 Å². The maximum Gasteiger partial charge on any atom is 0.224 e. The van der Waals surface area contributed by atoms with Gasteiger partial charge in [0, 0.05) is 0 Å². The maximum atomic E-state index is 12.5. The average Bonchev–Trinajstić information content (AvgIpc) is 2.76. The number of amides is 1. The molecule has 8 atom stereocenters. The SMILES string of the molecule is CC[C@@H](O)[C@@H](O)[C@H](CO[C@H]1OC(CO)[C@@H](O)[C@H](O)C1O)NC(=O)Cc1ccc(C)cc1. The molecule has 0 spiro atoms. The van der Waals surface area contributed by atoms with Crippen LogP contribution >= 0.6 is 0 Å². The molecule has 1 aliphatic heterocycles. The third-order valence-corrected chi connectivity index (χ3v) is 5.34. The highest BCUT2D eigenvalue weighted by Gasteiger charge is 2.44. The Bertz CT molecular complexity index is 684. The molecule has 10 nitrogen and oxygen atoms in total. The minimum Gasteiger partial charge on any atom is -0.394 e. The molecule has 0 saturated carbocycles. The molecule has 1 aromatic carbocycles. The fourth-order valence-corrected chi connectivity index (χ4v) is 3.29. The zero-order chi connectivity index (χ0) is 23.1. The van der Waals surface area contributed by atoms with Gasteiger partial charge in [-0.2, -0.15) is 0 Å². The quantitative estimate of drug-likeness (QED) is 0.216. The van der Waals surface area contributed by atoms with Crippen molar-refractivity contribution >= 4 is 5.91 Å². The van der Waals surface area contributed by atoms with E-state index in [-0.39, 0.29) is 19.4 Å². The van der Waals surface area contributed by atoms with Crippen LogP contribution in [0.5, 0.6) is 0 Å². The van der Waals surface area contributed by atoms with Gasteiger partial charge in [0.15, 0.2) is 6.29 Å². The number of carbonyl (C=O) groups is 1. The zero-order valence-electron chi connectivity index (χ0n) is 17.7. The molecule has 1 aromatic rings. The number of benzene rings is 1. The average molecular weight is 443 g/mol. The van der Waals surface area contributed by atoms with Gasteiger partial charge in [-0.15, -0.1) is 0 Å². The van der Waals surface area contributed by atoms with Gasteiger partial charge >= 0.3 is 0 Å². The molecule has 1 saturated heterocycles. The molecule has 0 aliphatic carbocycles. The van der Waals surface area contributed by atoms with E-state index in [1.165, 1.54) is 0 Å². The Morgan fingerprint density at radius 3 is 2.35 bits per heavy atom. The number of aliphatic hydroxyl groups excluding tert-OH is 6. The van der Waals surface area contributed by atoms with Gasteiger partial charge in [0.25, 0.3) is 0 Å². The van der Waals surface area contributed by atoms with E-state index in [4.69, 9.17) is 9.47 Å². The van der Waals surface area contributed by atoms with Crippen molar-refractivity contribution in [1.82, 2.24) is 5.32 Å². The highest BCUT2D eigenvalue weighted by Crippen LogP contribution is 2.22. The summed E-state index contributed by atoms with van der Waals surface area (Å²) in [6.07, 6.45) is -9.55. The summed E-state index contributed by atoms with van der Waals surface area (Å²) in [5, 5.41) is 62.2. The second-order valence-electron chi connectivity index (χ2n) is 7.83. The van der Waals surface area contributed by atoms with Crippen LogP contribution in [0.2, 0.25) is 0 Å². The maximum absolute atomic E-state index is 12.5. The van der Waals surface area contributed by atoms with Gasteiger partial charge in [-0.25, -0.2) is 0 Å². The van der Waals surface area contributed by atoms with Gasteiger partial charge in [0.2, 0.25) is 5.91 Å². The molecular formula is C21H33NO9. The first-order chi connectivity index (χ1) is 14.7. The van der Waals surface area contributed by atoms with Crippen molar-refractivity contribution in [3.05, 3.63) is 35.4 Å². The lowest BCUT2D eigenvalue weighted by atomic mass is 9.99. The molecule has 2 unspecified atom stereocenters. The summed E-state index contributed by atoms with van der Waals surface area (Å²) in [4.78, 5) is 12.5. The van der Waals surface area contributed by atoms with E-state index in [1.54, 1.807) is 6.92 Å². The van der Waals surface area contributed by atoms with Crippen molar-refractivity contribution in [2.75, 3.05) is 13.2 Å². The van der Waals surface area contributed by atoms with Crippen LogP contribution in [0.15, 0.2) is 24.3 Å². The van der Waals surface area contributed by atoms with Crippen LogP contribution in [0.4, 0.5) is 0 Å².